The van der Waals surface area contributed by atoms with E-state index in [0.29, 0.717) is 5.56 Å². The van der Waals surface area contributed by atoms with Crippen molar-refractivity contribution < 1.29 is 14.3 Å². The molecule has 28 heavy (non-hydrogen) atoms. The van der Waals surface area contributed by atoms with E-state index in [4.69, 9.17) is 4.74 Å². The Morgan fingerprint density at radius 2 is 1.50 bits per heavy atom. The molecule has 0 heterocycles. The fraction of sp³-hybridized carbons (Fsp3) is 0.417. The molecule has 0 saturated heterocycles. The maximum absolute atomic E-state index is 12.4. The lowest BCUT2D eigenvalue weighted by atomic mass is 9.93. The van der Waals surface area contributed by atoms with Crippen molar-refractivity contribution in [2.45, 2.75) is 51.5 Å². The fourth-order valence-corrected chi connectivity index (χ4v) is 3.49. The summed E-state index contributed by atoms with van der Waals surface area (Å²) in [4.78, 5) is 25.6. The van der Waals surface area contributed by atoms with Crippen LogP contribution in [-0.2, 0) is 16.0 Å². The van der Waals surface area contributed by atoms with Crippen LogP contribution in [0.5, 0.6) is 0 Å². The van der Waals surface area contributed by atoms with Crippen molar-refractivity contribution in [3.63, 3.8) is 0 Å². The predicted molar refractivity (Wildman–Crippen MR) is 112 cm³/mol. The van der Waals surface area contributed by atoms with Gasteiger partial charge in [-0.25, -0.2) is 0 Å². The first-order valence-electron chi connectivity index (χ1n) is 10.1. The molecule has 2 aromatic carbocycles. The highest BCUT2D eigenvalue weighted by Gasteiger charge is 2.29. The third-order valence-corrected chi connectivity index (χ3v) is 4.96. The number of ether oxygens (including phenoxy) is 1. The summed E-state index contributed by atoms with van der Waals surface area (Å²) in [7, 11) is 1.73. The smallest absolute Gasteiger partial charge is 0.260 e. The van der Waals surface area contributed by atoms with Crippen molar-refractivity contribution in [1.82, 2.24) is 4.90 Å². The molecular weight excluding hydrogens is 350 g/mol. The topological polar surface area (TPSA) is 46.6 Å². The molecule has 0 bridgehead atoms. The molecule has 2 aromatic rings. The molecule has 150 valence electrons. The molecule has 0 atom stereocenters. The van der Waals surface area contributed by atoms with Gasteiger partial charge in [-0.1, -0.05) is 67.8 Å². The average Bonchev–Trinajstić information content (AvgIpc) is 2.75. The van der Waals surface area contributed by atoms with Gasteiger partial charge in [0.25, 0.3) is 5.91 Å². The van der Waals surface area contributed by atoms with E-state index in [2.05, 4.69) is 12.1 Å². The van der Waals surface area contributed by atoms with Crippen LogP contribution in [0.4, 0.5) is 0 Å². The molecule has 4 nitrogen and oxygen atoms in total. The number of imide groups is 1. The van der Waals surface area contributed by atoms with Gasteiger partial charge >= 0.3 is 0 Å². The number of amides is 2. The quantitative estimate of drug-likeness (QED) is 0.741. The second kappa shape index (κ2) is 12.1. The highest BCUT2D eigenvalue weighted by Crippen LogP contribution is 2.24. The minimum absolute atomic E-state index is 0.0870. The van der Waals surface area contributed by atoms with Gasteiger partial charge in [-0.3, -0.25) is 14.5 Å². The Morgan fingerprint density at radius 3 is 2.04 bits per heavy atom. The lowest BCUT2D eigenvalue weighted by Gasteiger charge is -2.32. The molecule has 1 fully saturated rings. The van der Waals surface area contributed by atoms with E-state index in [1.807, 2.05) is 36.4 Å². The molecular formula is C24H31NO3. The third kappa shape index (κ3) is 6.93. The van der Waals surface area contributed by atoms with Crippen LogP contribution in [0.15, 0.2) is 60.7 Å². The second-order valence-electron chi connectivity index (χ2n) is 7.08. The predicted octanol–water partition coefficient (Wildman–Crippen LogP) is 4.88. The van der Waals surface area contributed by atoms with E-state index in [1.165, 1.54) is 23.8 Å². The highest BCUT2D eigenvalue weighted by molar-refractivity contribution is 6.04. The Labute approximate surface area is 168 Å². The minimum Gasteiger partial charge on any atom is -0.384 e. The van der Waals surface area contributed by atoms with Gasteiger partial charge in [0, 0.05) is 25.6 Å². The molecule has 1 aliphatic rings. The van der Waals surface area contributed by atoms with E-state index in [-0.39, 0.29) is 17.9 Å². The van der Waals surface area contributed by atoms with Crippen molar-refractivity contribution in [3.8, 4) is 0 Å². The summed E-state index contributed by atoms with van der Waals surface area (Å²) in [5.41, 5.74) is 1.93. The lowest BCUT2D eigenvalue weighted by molar-refractivity contribution is -0.128. The van der Waals surface area contributed by atoms with Crippen LogP contribution >= 0.6 is 0 Å². The summed E-state index contributed by atoms with van der Waals surface area (Å²) in [5, 5.41) is 0. The number of methoxy groups -OCH3 is 1. The SMILES string of the molecule is CC(=O)N(C(=O)c1ccccc1)C1CCCCC1.COCCc1ccccc1. The van der Waals surface area contributed by atoms with E-state index in [0.717, 1.165) is 38.7 Å². The summed E-state index contributed by atoms with van der Waals surface area (Å²) < 4.78 is 4.95. The first-order chi connectivity index (χ1) is 13.6. The zero-order valence-corrected chi connectivity index (χ0v) is 17.0. The number of carbonyl (C=O) groups excluding carboxylic acids is 2. The Kier molecular flexibility index (Phi) is 9.43. The molecule has 0 aromatic heterocycles. The van der Waals surface area contributed by atoms with Gasteiger partial charge in [-0.2, -0.15) is 0 Å². The van der Waals surface area contributed by atoms with Gasteiger partial charge in [0.05, 0.1) is 6.61 Å². The van der Waals surface area contributed by atoms with E-state index in [1.54, 1.807) is 19.2 Å². The molecule has 4 heteroatoms. The zero-order valence-electron chi connectivity index (χ0n) is 17.0. The normalized spacial score (nSPS) is 13.9. The Balaban J connectivity index is 0.000000237. The summed E-state index contributed by atoms with van der Waals surface area (Å²) in [5.74, 6) is -0.300. The van der Waals surface area contributed by atoms with E-state index < -0.39 is 0 Å². The van der Waals surface area contributed by atoms with Crippen molar-refractivity contribution in [3.05, 3.63) is 71.8 Å². The first-order valence-corrected chi connectivity index (χ1v) is 10.1. The Bertz CT molecular complexity index is 709. The molecule has 3 rings (SSSR count). The number of rotatable bonds is 5. The van der Waals surface area contributed by atoms with Crippen LogP contribution in [0.2, 0.25) is 0 Å². The summed E-state index contributed by atoms with van der Waals surface area (Å²) in [6.45, 7) is 2.29. The highest BCUT2D eigenvalue weighted by atomic mass is 16.5. The fourth-order valence-electron chi connectivity index (χ4n) is 3.49. The van der Waals surface area contributed by atoms with Gasteiger partial charge in [-0.15, -0.1) is 0 Å². The second-order valence-corrected chi connectivity index (χ2v) is 7.08. The van der Waals surface area contributed by atoms with Gasteiger partial charge in [0.1, 0.15) is 0 Å². The van der Waals surface area contributed by atoms with Gasteiger partial charge in [0.15, 0.2) is 0 Å². The molecule has 0 unspecified atom stereocenters. The molecule has 0 aliphatic heterocycles. The largest absolute Gasteiger partial charge is 0.384 e. The molecule has 1 saturated carbocycles. The summed E-state index contributed by atoms with van der Waals surface area (Å²) >= 11 is 0. The maximum Gasteiger partial charge on any atom is 0.260 e. The summed E-state index contributed by atoms with van der Waals surface area (Å²) in [6, 6.07) is 19.5. The third-order valence-electron chi connectivity index (χ3n) is 4.96. The van der Waals surface area contributed by atoms with Gasteiger partial charge in [0.2, 0.25) is 5.91 Å². The van der Waals surface area contributed by atoms with Crippen molar-refractivity contribution in [2.75, 3.05) is 13.7 Å². The van der Waals surface area contributed by atoms with Crippen LogP contribution in [0.1, 0.15) is 54.9 Å². The van der Waals surface area contributed by atoms with Gasteiger partial charge < -0.3 is 4.74 Å². The number of carbonyl (C=O) groups is 2. The van der Waals surface area contributed by atoms with E-state index >= 15 is 0 Å². The monoisotopic (exact) mass is 381 g/mol. The van der Waals surface area contributed by atoms with Crippen LogP contribution in [-0.4, -0.2) is 36.5 Å². The van der Waals surface area contributed by atoms with Crippen LogP contribution < -0.4 is 0 Å². The molecule has 1 aliphatic carbocycles. The number of hydrogen-bond acceptors (Lipinski definition) is 3. The zero-order chi connectivity index (χ0) is 20.2. The first kappa shape index (κ1) is 21.8. The number of hydrogen-bond donors (Lipinski definition) is 0. The molecule has 0 N–H and O–H groups in total. The number of benzene rings is 2. The van der Waals surface area contributed by atoms with Crippen LogP contribution in [0, 0.1) is 0 Å². The Morgan fingerprint density at radius 1 is 0.929 bits per heavy atom. The summed E-state index contributed by atoms with van der Waals surface area (Å²) in [6.07, 6.45) is 6.32. The van der Waals surface area contributed by atoms with Crippen LogP contribution in [0.25, 0.3) is 0 Å². The molecule has 2 amide bonds. The van der Waals surface area contributed by atoms with E-state index in [9.17, 15) is 9.59 Å². The standard InChI is InChI=1S/C15H19NO2.C9H12O/c1-12(17)16(14-10-6-3-7-11-14)15(18)13-8-4-2-5-9-13;1-10-8-7-9-5-3-2-4-6-9/h2,4-5,8-9,14H,3,6-7,10-11H2,1H3;2-6H,7-8H2,1H3. The maximum atomic E-state index is 12.4. The minimum atomic E-state index is -0.157. The van der Waals surface area contributed by atoms with Crippen molar-refractivity contribution in [2.24, 2.45) is 0 Å². The molecule has 0 spiro atoms. The average molecular weight is 382 g/mol. The number of nitrogens with zero attached hydrogens (tertiary/aromatic N) is 1. The van der Waals surface area contributed by atoms with Crippen molar-refractivity contribution in [1.29, 1.82) is 0 Å². The Hall–Kier alpha value is -2.46. The molecule has 0 radical (unpaired) electrons. The van der Waals surface area contributed by atoms with Gasteiger partial charge in [-0.05, 0) is 37.0 Å². The lowest BCUT2D eigenvalue weighted by Crippen LogP contribution is -2.44. The van der Waals surface area contributed by atoms with Crippen LogP contribution in [0.3, 0.4) is 0 Å². The van der Waals surface area contributed by atoms with Crippen molar-refractivity contribution >= 4 is 11.8 Å².